The number of rotatable bonds is 15. The van der Waals surface area contributed by atoms with E-state index < -0.39 is 20.5 Å². The highest BCUT2D eigenvalue weighted by Crippen LogP contribution is 2.47. The Bertz CT molecular complexity index is 713. The molecule has 0 aromatic heterocycles. The molecule has 1 aromatic rings. The molecular weight excluding hydrogens is 435 g/mol. The minimum absolute atomic E-state index is 0.147. The van der Waals surface area contributed by atoms with Gasteiger partial charge in [-0.1, -0.05) is 39.0 Å². The van der Waals surface area contributed by atoms with Crippen LogP contribution >= 0.6 is 8.60 Å². The predicted octanol–water partition coefficient (Wildman–Crippen LogP) is 5.06. The van der Waals surface area contributed by atoms with Gasteiger partial charge in [0.15, 0.2) is 20.0 Å². The first-order valence-corrected chi connectivity index (χ1v) is 12.2. The maximum absolute atomic E-state index is 11.6. The van der Waals surface area contributed by atoms with Crippen molar-refractivity contribution in [1.29, 1.82) is 0 Å². The van der Waals surface area contributed by atoms with Crippen molar-refractivity contribution in [3.05, 3.63) is 29.3 Å². The summed E-state index contributed by atoms with van der Waals surface area (Å²) >= 11 is 0. The summed E-state index contributed by atoms with van der Waals surface area (Å²) in [4.78, 5) is 23.2. The number of carbonyl (C=O) groups excluding carboxylic acids is 2. The molecule has 1 aliphatic carbocycles. The Morgan fingerprint density at radius 2 is 1.50 bits per heavy atom. The van der Waals surface area contributed by atoms with Gasteiger partial charge in [0, 0.05) is 0 Å². The average Bonchev–Trinajstić information content (AvgIpc) is 3.60. The summed E-state index contributed by atoms with van der Waals surface area (Å²) in [5.74, 6) is 1.07. The van der Waals surface area contributed by atoms with E-state index in [0.29, 0.717) is 11.8 Å². The lowest BCUT2D eigenvalue weighted by Gasteiger charge is -2.22. The second kappa shape index (κ2) is 13.7. The quantitative estimate of drug-likeness (QED) is 0.200. The van der Waals surface area contributed by atoms with Crippen LogP contribution in [0.2, 0.25) is 0 Å². The molecule has 0 amide bonds. The van der Waals surface area contributed by atoms with Crippen molar-refractivity contribution < 1.29 is 37.4 Å². The summed E-state index contributed by atoms with van der Waals surface area (Å²) in [5.41, 5.74) is 2.26. The van der Waals surface area contributed by atoms with Crippen LogP contribution in [0.5, 0.6) is 5.75 Å². The zero-order chi connectivity index (χ0) is 23.5. The number of hydrogen-bond donors (Lipinski definition) is 0. The standard InChI is InChI=1S/C23H35O8P/c1-6-26-21(24)13-29-32(30-14-22(25)27-7-2)31-15-28-23-19(16(3)4)9-8-10-20(23)17(5)18-11-12-18/h8-10,16-18H,6-7,11-15H2,1-5H3/t17-/m1/s1. The maximum Gasteiger partial charge on any atom is 0.336 e. The van der Waals surface area contributed by atoms with Crippen LogP contribution in [-0.2, 0) is 32.6 Å². The summed E-state index contributed by atoms with van der Waals surface area (Å²) in [5, 5.41) is 0. The number of benzene rings is 1. The van der Waals surface area contributed by atoms with E-state index in [1.807, 2.05) is 0 Å². The van der Waals surface area contributed by atoms with E-state index in [1.54, 1.807) is 13.8 Å². The topological polar surface area (TPSA) is 89.5 Å². The zero-order valence-corrected chi connectivity index (χ0v) is 20.5. The molecule has 0 unspecified atom stereocenters. The Balaban J connectivity index is 2.02. The highest BCUT2D eigenvalue weighted by atomic mass is 31.2. The fourth-order valence-electron chi connectivity index (χ4n) is 3.26. The van der Waals surface area contributed by atoms with Gasteiger partial charge >= 0.3 is 20.5 Å². The van der Waals surface area contributed by atoms with Gasteiger partial charge in [0.25, 0.3) is 0 Å². The molecule has 32 heavy (non-hydrogen) atoms. The number of carbonyl (C=O) groups is 2. The fraction of sp³-hybridized carbons (Fsp3) is 0.652. The highest BCUT2D eigenvalue weighted by molar-refractivity contribution is 7.41. The van der Waals surface area contributed by atoms with Gasteiger partial charge in [0.1, 0.15) is 5.75 Å². The molecule has 0 aliphatic heterocycles. The molecule has 0 saturated heterocycles. The van der Waals surface area contributed by atoms with Crippen molar-refractivity contribution in [1.82, 2.24) is 0 Å². The van der Waals surface area contributed by atoms with E-state index in [9.17, 15) is 9.59 Å². The largest absolute Gasteiger partial charge is 0.466 e. The van der Waals surface area contributed by atoms with Crippen LogP contribution in [0, 0.1) is 5.92 Å². The summed E-state index contributed by atoms with van der Waals surface area (Å²) in [6.07, 6.45) is 2.47. The lowest BCUT2D eigenvalue weighted by atomic mass is 9.90. The Kier molecular flexibility index (Phi) is 11.4. The summed E-state index contributed by atoms with van der Waals surface area (Å²) in [6, 6.07) is 6.22. The van der Waals surface area contributed by atoms with Crippen LogP contribution in [0.3, 0.4) is 0 Å². The molecule has 0 heterocycles. The average molecular weight is 470 g/mol. The van der Waals surface area contributed by atoms with Crippen LogP contribution in [0.1, 0.15) is 70.4 Å². The highest BCUT2D eigenvalue weighted by Gasteiger charge is 2.31. The maximum atomic E-state index is 11.6. The number of ether oxygens (including phenoxy) is 3. The Labute approximate surface area is 191 Å². The van der Waals surface area contributed by atoms with E-state index >= 15 is 0 Å². The van der Waals surface area contributed by atoms with Crippen LogP contribution in [0.4, 0.5) is 0 Å². The van der Waals surface area contributed by atoms with Gasteiger partial charge in [-0.05, 0) is 55.6 Å². The van der Waals surface area contributed by atoms with Crippen LogP contribution in [0.15, 0.2) is 18.2 Å². The minimum atomic E-state index is -2.02. The molecule has 0 radical (unpaired) electrons. The van der Waals surface area contributed by atoms with Gasteiger partial charge in [0.2, 0.25) is 0 Å². The molecule has 1 aliphatic rings. The monoisotopic (exact) mass is 470 g/mol. The molecule has 1 fully saturated rings. The normalized spacial score (nSPS) is 14.5. The smallest absolute Gasteiger partial charge is 0.336 e. The molecule has 0 N–H and O–H groups in total. The molecule has 0 spiro atoms. The molecule has 1 aromatic carbocycles. The van der Waals surface area contributed by atoms with Gasteiger partial charge < -0.3 is 23.3 Å². The van der Waals surface area contributed by atoms with E-state index in [4.69, 9.17) is 27.8 Å². The second-order valence-corrected chi connectivity index (χ2v) is 9.04. The van der Waals surface area contributed by atoms with Crippen molar-refractivity contribution in [3.8, 4) is 5.75 Å². The third-order valence-electron chi connectivity index (χ3n) is 5.07. The van der Waals surface area contributed by atoms with Crippen molar-refractivity contribution >= 4 is 20.5 Å². The molecule has 180 valence electrons. The third kappa shape index (κ3) is 8.66. The Morgan fingerprint density at radius 1 is 0.938 bits per heavy atom. The molecule has 2 rings (SSSR count). The van der Waals surface area contributed by atoms with E-state index in [1.165, 1.54) is 12.8 Å². The van der Waals surface area contributed by atoms with Gasteiger partial charge in [0.05, 0.1) is 13.2 Å². The van der Waals surface area contributed by atoms with E-state index in [2.05, 4.69) is 39.0 Å². The van der Waals surface area contributed by atoms with Crippen molar-refractivity contribution in [2.75, 3.05) is 33.2 Å². The van der Waals surface area contributed by atoms with Crippen molar-refractivity contribution in [2.24, 2.45) is 5.92 Å². The molecular formula is C23H35O8P. The lowest BCUT2D eigenvalue weighted by Crippen LogP contribution is -2.15. The van der Waals surface area contributed by atoms with Gasteiger partial charge in [-0.25, -0.2) is 9.59 Å². The molecule has 0 bridgehead atoms. The first kappa shape index (κ1) is 26.5. The fourth-order valence-corrected chi connectivity index (χ4v) is 4.04. The minimum Gasteiger partial charge on any atom is -0.466 e. The summed E-state index contributed by atoms with van der Waals surface area (Å²) < 4.78 is 32.2. The van der Waals surface area contributed by atoms with Gasteiger partial charge in [-0.3, -0.25) is 4.52 Å². The third-order valence-corrected chi connectivity index (χ3v) is 6.06. The van der Waals surface area contributed by atoms with Crippen molar-refractivity contribution in [2.45, 2.75) is 59.3 Å². The molecule has 9 heteroatoms. The molecule has 1 saturated carbocycles. The van der Waals surface area contributed by atoms with Crippen LogP contribution in [0.25, 0.3) is 0 Å². The van der Waals surface area contributed by atoms with E-state index in [0.717, 1.165) is 16.9 Å². The van der Waals surface area contributed by atoms with Crippen LogP contribution in [-0.4, -0.2) is 45.2 Å². The SMILES string of the molecule is CCOC(=O)COP(OCOc1c(C(C)C)cccc1[C@H](C)C1CC1)OCC(=O)OCC. The predicted molar refractivity (Wildman–Crippen MR) is 120 cm³/mol. The van der Waals surface area contributed by atoms with E-state index in [-0.39, 0.29) is 39.1 Å². The summed E-state index contributed by atoms with van der Waals surface area (Å²) in [7, 11) is -2.02. The van der Waals surface area contributed by atoms with Gasteiger partial charge in [-0.2, -0.15) is 0 Å². The number of esters is 2. The Hall–Kier alpha value is -1.73. The first-order chi connectivity index (χ1) is 15.4. The zero-order valence-electron chi connectivity index (χ0n) is 19.6. The number of hydrogen-bond acceptors (Lipinski definition) is 8. The second-order valence-electron chi connectivity index (χ2n) is 7.82. The lowest BCUT2D eigenvalue weighted by molar-refractivity contribution is -0.146. The van der Waals surface area contributed by atoms with Crippen LogP contribution < -0.4 is 4.74 Å². The van der Waals surface area contributed by atoms with Crippen molar-refractivity contribution in [3.63, 3.8) is 0 Å². The summed E-state index contributed by atoms with van der Waals surface area (Å²) in [6.45, 7) is 9.49. The number of para-hydroxylation sites is 1. The molecule has 1 atom stereocenters. The van der Waals surface area contributed by atoms with Gasteiger partial charge in [-0.15, -0.1) is 0 Å². The molecule has 8 nitrogen and oxygen atoms in total. The first-order valence-electron chi connectivity index (χ1n) is 11.1. The Morgan fingerprint density at radius 3 is 2.00 bits per heavy atom.